The van der Waals surface area contributed by atoms with Crippen molar-refractivity contribution in [2.45, 2.75) is 11.4 Å². The predicted molar refractivity (Wildman–Crippen MR) is 87.9 cm³/mol. The number of primary sulfonamides is 1. The number of rotatable bonds is 5. The van der Waals surface area contributed by atoms with Crippen LogP contribution in [0.1, 0.15) is 15.9 Å². The van der Waals surface area contributed by atoms with Crippen LogP contribution in [-0.2, 0) is 21.3 Å². The molecule has 2 rings (SSSR count). The number of nitrogens with two attached hydrogens (primary N) is 1. The number of hydrogen-bond donors (Lipinski definition) is 2. The smallest absolute Gasteiger partial charge is 0.340 e. The standard InChI is InChI=1S/C15H15ClN2O4S/c1-22-15(19)13-8-12(23(17,20)21)6-7-14(13)18-9-10-2-4-11(16)5-3-10/h2-8,18H,9H2,1H3,(H2,17,20,21). The monoisotopic (exact) mass is 354 g/mol. The fourth-order valence-corrected chi connectivity index (χ4v) is 2.60. The van der Waals surface area contributed by atoms with E-state index in [-0.39, 0.29) is 10.5 Å². The number of methoxy groups -OCH3 is 1. The number of benzene rings is 2. The predicted octanol–water partition coefficient (Wildman–Crippen LogP) is 2.39. The van der Waals surface area contributed by atoms with Crippen LogP contribution in [0.2, 0.25) is 5.02 Å². The van der Waals surface area contributed by atoms with Crippen molar-refractivity contribution in [2.24, 2.45) is 5.14 Å². The number of carbonyl (C=O) groups excluding carboxylic acids is 1. The third-order valence-corrected chi connectivity index (χ3v) is 4.28. The van der Waals surface area contributed by atoms with Gasteiger partial charge in [-0.25, -0.2) is 18.4 Å². The van der Waals surface area contributed by atoms with Gasteiger partial charge in [0.25, 0.3) is 0 Å². The zero-order valence-electron chi connectivity index (χ0n) is 12.2. The fraction of sp³-hybridized carbons (Fsp3) is 0.133. The number of hydrogen-bond acceptors (Lipinski definition) is 5. The molecule has 122 valence electrons. The second-order valence-corrected chi connectivity index (χ2v) is 6.72. The summed E-state index contributed by atoms with van der Waals surface area (Å²) in [5.74, 6) is -0.658. The summed E-state index contributed by atoms with van der Waals surface area (Å²) in [6, 6.07) is 11.2. The molecule has 0 heterocycles. The van der Waals surface area contributed by atoms with Crippen LogP contribution in [0.25, 0.3) is 0 Å². The largest absolute Gasteiger partial charge is 0.465 e. The zero-order chi connectivity index (χ0) is 17.0. The van der Waals surface area contributed by atoms with Gasteiger partial charge in [-0.1, -0.05) is 23.7 Å². The number of nitrogens with one attached hydrogen (secondary N) is 1. The summed E-state index contributed by atoms with van der Waals surface area (Å²) in [5.41, 5.74) is 1.48. The van der Waals surface area contributed by atoms with Gasteiger partial charge in [-0.05, 0) is 35.9 Å². The van der Waals surface area contributed by atoms with Crippen molar-refractivity contribution in [3.63, 3.8) is 0 Å². The molecule has 0 saturated carbocycles. The number of carbonyl (C=O) groups is 1. The fourth-order valence-electron chi connectivity index (χ4n) is 1.93. The van der Waals surface area contributed by atoms with Crippen LogP contribution >= 0.6 is 11.6 Å². The highest BCUT2D eigenvalue weighted by molar-refractivity contribution is 7.89. The summed E-state index contributed by atoms with van der Waals surface area (Å²) in [6.45, 7) is 0.426. The lowest BCUT2D eigenvalue weighted by molar-refractivity contribution is 0.0601. The quantitative estimate of drug-likeness (QED) is 0.803. The molecule has 0 fully saturated rings. The molecule has 2 aromatic carbocycles. The molecule has 0 aliphatic rings. The minimum absolute atomic E-state index is 0.0907. The normalized spacial score (nSPS) is 11.1. The van der Waals surface area contributed by atoms with Gasteiger partial charge in [-0.3, -0.25) is 0 Å². The van der Waals surface area contributed by atoms with E-state index in [9.17, 15) is 13.2 Å². The van der Waals surface area contributed by atoms with Crippen molar-refractivity contribution < 1.29 is 17.9 Å². The highest BCUT2D eigenvalue weighted by Crippen LogP contribution is 2.22. The molecule has 0 aliphatic carbocycles. The Balaban J connectivity index is 2.30. The first-order valence-electron chi connectivity index (χ1n) is 6.55. The van der Waals surface area contributed by atoms with Crippen molar-refractivity contribution in [3.8, 4) is 0 Å². The highest BCUT2D eigenvalue weighted by atomic mass is 35.5. The summed E-state index contributed by atoms with van der Waals surface area (Å²) >= 11 is 5.82. The number of halogens is 1. The molecule has 3 N–H and O–H groups in total. The zero-order valence-corrected chi connectivity index (χ0v) is 13.8. The number of ether oxygens (including phenoxy) is 1. The van der Waals surface area contributed by atoms with Crippen LogP contribution < -0.4 is 10.5 Å². The van der Waals surface area contributed by atoms with E-state index in [2.05, 4.69) is 10.1 Å². The van der Waals surface area contributed by atoms with E-state index in [1.165, 1.54) is 25.3 Å². The molecule has 6 nitrogen and oxygen atoms in total. The number of sulfonamides is 1. The summed E-state index contributed by atoms with van der Waals surface area (Å²) in [7, 11) is -2.69. The topological polar surface area (TPSA) is 98.5 Å². The van der Waals surface area contributed by atoms with Gasteiger partial charge in [0, 0.05) is 17.3 Å². The van der Waals surface area contributed by atoms with E-state index in [0.29, 0.717) is 17.3 Å². The van der Waals surface area contributed by atoms with Crippen LogP contribution in [0, 0.1) is 0 Å². The lowest BCUT2D eigenvalue weighted by Crippen LogP contribution is -2.15. The lowest BCUT2D eigenvalue weighted by atomic mass is 10.1. The molecule has 0 saturated heterocycles. The van der Waals surface area contributed by atoms with Gasteiger partial charge >= 0.3 is 5.97 Å². The second-order valence-electron chi connectivity index (χ2n) is 4.72. The van der Waals surface area contributed by atoms with Gasteiger partial charge in [0.2, 0.25) is 10.0 Å². The highest BCUT2D eigenvalue weighted by Gasteiger charge is 2.17. The Hall–Kier alpha value is -2.09. The molecular formula is C15H15ClN2O4S. The van der Waals surface area contributed by atoms with E-state index in [1.807, 2.05) is 12.1 Å². The Kier molecular flexibility index (Phi) is 5.25. The molecule has 8 heteroatoms. The molecule has 2 aromatic rings. The van der Waals surface area contributed by atoms with E-state index >= 15 is 0 Å². The van der Waals surface area contributed by atoms with E-state index in [0.717, 1.165) is 5.56 Å². The lowest BCUT2D eigenvalue weighted by Gasteiger charge is -2.12. The first kappa shape index (κ1) is 17.3. The van der Waals surface area contributed by atoms with Gasteiger partial charge < -0.3 is 10.1 Å². The van der Waals surface area contributed by atoms with Gasteiger partial charge in [0.15, 0.2) is 0 Å². The summed E-state index contributed by atoms with van der Waals surface area (Å²) in [5, 5.41) is 8.77. The van der Waals surface area contributed by atoms with Crippen molar-refractivity contribution >= 4 is 33.3 Å². The van der Waals surface area contributed by atoms with Crippen LogP contribution in [0.4, 0.5) is 5.69 Å². The van der Waals surface area contributed by atoms with Crippen LogP contribution in [0.15, 0.2) is 47.4 Å². The first-order chi connectivity index (χ1) is 10.8. The van der Waals surface area contributed by atoms with E-state index < -0.39 is 16.0 Å². The van der Waals surface area contributed by atoms with Crippen molar-refractivity contribution in [1.29, 1.82) is 0 Å². The summed E-state index contributed by atoms with van der Waals surface area (Å²) < 4.78 is 27.5. The third kappa shape index (κ3) is 4.44. The molecule has 0 amide bonds. The molecule has 0 spiro atoms. The molecule has 0 unspecified atom stereocenters. The molecule has 0 bridgehead atoms. The average molecular weight is 355 g/mol. The van der Waals surface area contributed by atoms with Crippen LogP contribution in [-0.4, -0.2) is 21.5 Å². The van der Waals surface area contributed by atoms with Gasteiger partial charge in [0.05, 0.1) is 17.6 Å². The van der Waals surface area contributed by atoms with Crippen LogP contribution in [0.3, 0.4) is 0 Å². The average Bonchev–Trinajstić information content (AvgIpc) is 2.52. The van der Waals surface area contributed by atoms with Crippen LogP contribution in [0.5, 0.6) is 0 Å². The second kappa shape index (κ2) is 6.99. The van der Waals surface area contributed by atoms with E-state index in [4.69, 9.17) is 16.7 Å². The Morgan fingerprint density at radius 2 is 1.87 bits per heavy atom. The summed E-state index contributed by atoms with van der Waals surface area (Å²) in [6.07, 6.45) is 0. The molecule has 0 aromatic heterocycles. The molecule has 0 aliphatic heterocycles. The molecule has 0 atom stereocenters. The third-order valence-electron chi connectivity index (χ3n) is 3.12. The van der Waals surface area contributed by atoms with Crippen molar-refractivity contribution in [2.75, 3.05) is 12.4 Å². The number of esters is 1. The SMILES string of the molecule is COC(=O)c1cc(S(N)(=O)=O)ccc1NCc1ccc(Cl)cc1. The molecule has 0 radical (unpaired) electrons. The van der Waals surface area contributed by atoms with E-state index in [1.54, 1.807) is 12.1 Å². The van der Waals surface area contributed by atoms with Crippen molar-refractivity contribution in [3.05, 3.63) is 58.6 Å². The molecular weight excluding hydrogens is 340 g/mol. The Morgan fingerprint density at radius 3 is 2.43 bits per heavy atom. The van der Waals surface area contributed by atoms with Gasteiger partial charge in [-0.2, -0.15) is 0 Å². The Bertz CT molecular complexity index is 820. The summed E-state index contributed by atoms with van der Waals surface area (Å²) in [4.78, 5) is 11.7. The maximum atomic E-state index is 11.9. The minimum Gasteiger partial charge on any atom is -0.465 e. The van der Waals surface area contributed by atoms with Gasteiger partial charge in [0.1, 0.15) is 0 Å². The maximum Gasteiger partial charge on any atom is 0.340 e. The maximum absolute atomic E-state index is 11.9. The Morgan fingerprint density at radius 1 is 1.22 bits per heavy atom. The molecule has 23 heavy (non-hydrogen) atoms. The minimum atomic E-state index is -3.91. The first-order valence-corrected chi connectivity index (χ1v) is 8.47. The Labute approximate surface area is 139 Å². The number of anilines is 1. The van der Waals surface area contributed by atoms with Crippen molar-refractivity contribution in [1.82, 2.24) is 0 Å². The van der Waals surface area contributed by atoms with Gasteiger partial charge in [-0.15, -0.1) is 0 Å².